The number of fused-ring (bicyclic) bond motifs is 2. The molecular formula is C29H22FNO3. The second-order valence-electron chi connectivity index (χ2n) is 8.69. The normalized spacial score (nSPS) is 16.5. The van der Waals surface area contributed by atoms with Crippen molar-refractivity contribution >= 4 is 11.6 Å². The van der Waals surface area contributed by atoms with Gasteiger partial charge in [0.25, 0.3) is 0 Å². The van der Waals surface area contributed by atoms with E-state index in [0.29, 0.717) is 35.6 Å². The van der Waals surface area contributed by atoms with Gasteiger partial charge in [-0.05, 0) is 46.5 Å². The zero-order valence-electron chi connectivity index (χ0n) is 18.3. The number of carbonyl (C=O) groups excluding carboxylic acids is 1. The molecule has 0 fully saturated rings. The van der Waals surface area contributed by atoms with Crippen molar-refractivity contribution in [2.45, 2.75) is 18.4 Å². The number of hydrogen-bond donors (Lipinski definition) is 1. The lowest BCUT2D eigenvalue weighted by Crippen LogP contribution is -2.34. The van der Waals surface area contributed by atoms with Crippen LogP contribution in [-0.2, 0) is 11.2 Å². The van der Waals surface area contributed by atoms with E-state index in [9.17, 15) is 14.3 Å². The molecule has 0 spiro atoms. The molecule has 1 amide bonds. The Labute approximate surface area is 196 Å². The number of aromatic hydroxyl groups is 1. The maximum atomic E-state index is 14.5. The minimum absolute atomic E-state index is 0.0213. The lowest BCUT2D eigenvalue weighted by Gasteiger charge is -2.30. The van der Waals surface area contributed by atoms with Crippen molar-refractivity contribution < 1.29 is 19.0 Å². The predicted molar refractivity (Wildman–Crippen MR) is 128 cm³/mol. The van der Waals surface area contributed by atoms with E-state index >= 15 is 0 Å². The quantitative estimate of drug-likeness (QED) is 0.431. The molecule has 2 aliphatic rings. The maximum absolute atomic E-state index is 14.5. The molecule has 6 rings (SSSR count). The molecule has 2 aliphatic heterocycles. The number of nitrogens with zero attached hydrogens (tertiary/aromatic N) is 1. The van der Waals surface area contributed by atoms with E-state index in [4.69, 9.17) is 4.74 Å². The molecular weight excluding hydrogens is 429 g/mol. The van der Waals surface area contributed by atoms with Crippen molar-refractivity contribution in [1.82, 2.24) is 0 Å². The summed E-state index contributed by atoms with van der Waals surface area (Å²) in [5, 5.41) is 10.9. The minimum atomic E-state index is -0.813. The van der Waals surface area contributed by atoms with Crippen LogP contribution in [-0.4, -0.2) is 17.6 Å². The Hall–Kier alpha value is -4.12. The minimum Gasteiger partial charge on any atom is -0.507 e. The van der Waals surface area contributed by atoms with Gasteiger partial charge in [-0.3, -0.25) is 9.69 Å². The summed E-state index contributed by atoms with van der Waals surface area (Å²) in [6.45, 7) is 0.540. The van der Waals surface area contributed by atoms with Crippen molar-refractivity contribution in [3.8, 4) is 11.5 Å². The maximum Gasteiger partial charge on any atom is 0.240 e. The summed E-state index contributed by atoms with van der Waals surface area (Å²) in [5.41, 5.74) is 4.51. The summed E-state index contributed by atoms with van der Waals surface area (Å²) in [6.07, 6.45) is 0.708. The van der Waals surface area contributed by atoms with E-state index in [1.54, 1.807) is 17.0 Å². The first-order valence-corrected chi connectivity index (χ1v) is 11.3. The van der Waals surface area contributed by atoms with Crippen LogP contribution in [0.15, 0.2) is 91.0 Å². The number of halogens is 1. The van der Waals surface area contributed by atoms with E-state index in [1.807, 2.05) is 66.7 Å². The van der Waals surface area contributed by atoms with Gasteiger partial charge < -0.3 is 9.84 Å². The molecule has 4 aromatic rings. The highest BCUT2D eigenvalue weighted by atomic mass is 19.1. The fourth-order valence-electron chi connectivity index (χ4n) is 5.16. The predicted octanol–water partition coefficient (Wildman–Crippen LogP) is 5.73. The molecule has 168 valence electrons. The number of phenolic OH excluding ortho intramolecular Hbond substituents is 1. The van der Waals surface area contributed by atoms with Gasteiger partial charge in [0.2, 0.25) is 5.91 Å². The van der Waals surface area contributed by atoms with E-state index in [0.717, 1.165) is 16.7 Å². The Balaban J connectivity index is 1.55. The molecule has 4 aromatic carbocycles. The first-order valence-electron chi connectivity index (χ1n) is 11.3. The van der Waals surface area contributed by atoms with Gasteiger partial charge in [-0.1, -0.05) is 60.7 Å². The first kappa shape index (κ1) is 20.5. The third kappa shape index (κ3) is 3.24. The highest BCUT2D eigenvalue weighted by Crippen LogP contribution is 2.49. The van der Waals surface area contributed by atoms with Gasteiger partial charge in [0.15, 0.2) is 0 Å². The summed E-state index contributed by atoms with van der Waals surface area (Å²) in [5.74, 6) is -0.821. The van der Waals surface area contributed by atoms with Crippen LogP contribution in [0.1, 0.15) is 39.8 Å². The van der Waals surface area contributed by atoms with E-state index in [-0.39, 0.29) is 11.7 Å². The largest absolute Gasteiger partial charge is 0.507 e. The zero-order valence-corrected chi connectivity index (χ0v) is 18.3. The standard InChI is InChI=1S/C29H22FNO3/c30-21-11-12-24-22(16-21)27(23-15-20-13-14-34-26(20)17-25(23)32)29(33)31(24)28(18-7-3-1-4-8-18)19-9-5-2-6-10-19/h1-12,15-17,27-28,32H,13-14H2. The average molecular weight is 451 g/mol. The number of rotatable bonds is 4. The van der Waals surface area contributed by atoms with Crippen LogP contribution in [0.25, 0.3) is 0 Å². The van der Waals surface area contributed by atoms with E-state index in [2.05, 4.69) is 0 Å². The lowest BCUT2D eigenvalue weighted by molar-refractivity contribution is -0.118. The summed E-state index contributed by atoms with van der Waals surface area (Å²) >= 11 is 0. The Morgan fingerprint density at radius 2 is 1.56 bits per heavy atom. The molecule has 1 N–H and O–H groups in total. The Morgan fingerprint density at radius 3 is 2.24 bits per heavy atom. The third-order valence-electron chi connectivity index (χ3n) is 6.68. The third-order valence-corrected chi connectivity index (χ3v) is 6.68. The number of amides is 1. The van der Waals surface area contributed by atoms with E-state index < -0.39 is 17.8 Å². The van der Waals surface area contributed by atoms with Crippen LogP contribution in [0, 0.1) is 5.82 Å². The van der Waals surface area contributed by atoms with Gasteiger partial charge in [-0.2, -0.15) is 0 Å². The van der Waals surface area contributed by atoms with Crippen molar-refractivity contribution in [1.29, 1.82) is 0 Å². The molecule has 4 nitrogen and oxygen atoms in total. The molecule has 5 heteroatoms. The zero-order chi connectivity index (χ0) is 23.2. The van der Waals surface area contributed by atoms with Gasteiger partial charge in [-0.15, -0.1) is 0 Å². The van der Waals surface area contributed by atoms with Crippen molar-refractivity contribution in [3.05, 3.63) is 125 Å². The van der Waals surface area contributed by atoms with Crippen LogP contribution in [0.5, 0.6) is 11.5 Å². The first-order chi connectivity index (χ1) is 16.6. The SMILES string of the molecule is O=C1C(c2cc3c(cc2O)OCC3)c2cc(F)ccc2N1C(c1ccccc1)c1ccccc1. The van der Waals surface area contributed by atoms with Gasteiger partial charge in [-0.25, -0.2) is 4.39 Å². The number of anilines is 1. The summed E-state index contributed by atoms with van der Waals surface area (Å²) in [4.78, 5) is 15.9. The molecule has 34 heavy (non-hydrogen) atoms. The molecule has 1 atom stereocenters. The highest BCUT2D eigenvalue weighted by Gasteiger charge is 2.44. The fraction of sp³-hybridized carbons (Fsp3) is 0.138. The molecule has 2 heterocycles. The summed E-state index contributed by atoms with van der Waals surface area (Å²) in [6, 6.07) is 27.1. The molecule has 1 unspecified atom stereocenters. The second kappa shape index (κ2) is 8.03. The number of phenols is 1. The number of benzene rings is 4. The Morgan fingerprint density at radius 1 is 0.882 bits per heavy atom. The van der Waals surface area contributed by atoms with Crippen molar-refractivity contribution in [3.63, 3.8) is 0 Å². The molecule has 0 radical (unpaired) electrons. The number of carbonyl (C=O) groups is 1. The van der Waals surface area contributed by atoms with E-state index in [1.165, 1.54) is 12.1 Å². The smallest absolute Gasteiger partial charge is 0.240 e. The second-order valence-corrected chi connectivity index (χ2v) is 8.69. The van der Waals surface area contributed by atoms with Gasteiger partial charge in [0.05, 0.1) is 18.6 Å². The number of hydrogen-bond acceptors (Lipinski definition) is 3. The van der Waals surface area contributed by atoms with Crippen LogP contribution >= 0.6 is 0 Å². The molecule has 0 aromatic heterocycles. The van der Waals surface area contributed by atoms with Gasteiger partial charge >= 0.3 is 0 Å². The number of ether oxygens (including phenoxy) is 1. The fourth-order valence-corrected chi connectivity index (χ4v) is 5.16. The monoisotopic (exact) mass is 451 g/mol. The molecule has 0 saturated heterocycles. The van der Waals surface area contributed by atoms with Crippen molar-refractivity contribution in [2.75, 3.05) is 11.5 Å². The molecule has 0 aliphatic carbocycles. The molecule has 0 saturated carbocycles. The van der Waals surface area contributed by atoms with Gasteiger partial charge in [0.1, 0.15) is 17.3 Å². The van der Waals surface area contributed by atoms with Gasteiger partial charge in [0, 0.05) is 23.7 Å². The molecule has 0 bridgehead atoms. The average Bonchev–Trinajstić information content (AvgIpc) is 3.41. The summed E-state index contributed by atoms with van der Waals surface area (Å²) in [7, 11) is 0. The van der Waals surface area contributed by atoms with Crippen LogP contribution in [0.4, 0.5) is 10.1 Å². The highest BCUT2D eigenvalue weighted by molar-refractivity contribution is 6.08. The lowest BCUT2D eigenvalue weighted by atomic mass is 9.90. The van der Waals surface area contributed by atoms with Crippen LogP contribution in [0.2, 0.25) is 0 Å². The Kier molecular flexibility index (Phi) is 4.84. The van der Waals surface area contributed by atoms with Crippen LogP contribution in [0.3, 0.4) is 0 Å². The Bertz CT molecular complexity index is 1350. The summed E-state index contributed by atoms with van der Waals surface area (Å²) < 4.78 is 20.0. The topological polar surface area (TPSA) is 49.8 Å². The van der Waals surface area contributed by atoms with Crippen LogP contribution < -0.4 is 9.64 Å². The van der Waals surface area contributed by atoms with Crippen molar-refractivity contribution in [2.24, 2.45) is 0 Å².